The highest BCUT2D eigenvalue weighted by Gasteiger charge is 2.52. The van der Waals surface area contributed by atoms with Crippen molar-refractivity contribution in [2.45, 2.75) is 51.0 Å². The minimum atomic E-state index is -0.735. The monoisotopic (exact) mass is 203 g/mol. The maximum atomic E-state index is 13.3. The fourth-order valence-electron chi connectivity index (χ4n) is 3.29. The van der Waals surface area contributed by atoms with Crippen LogP contribution in [0.25, 0.3) is 0 Å². The van der Waals surface area contributed by atoms with Gasteiger partial charge in [-0.1, -0.05) is 13.8 Å². The molecule has 0 bridgehead atoms. The molecule has 0 radical (unpaired) electrons. The average Bonchev–Trinajstić information content (AvgIpc) is 2.36. The van der Waals surface area contributed by atoms with Gasteiger partial charge in [0.2, 0.25) is 0 Å². The van der Waals surface area contributed by atoms with Crippen LogP contribution in [-0.2, 0) is 0 Å². The second-order valence-corrected chi connectivity index (χ2v) is 5.33. The van der Waals surface area contributed by atoms with Crippen LogP contribution in [0.2, 0.25) is 0 Å². The molecule has 0 aliphatic carbocycles. The van der Waals surface area contributed by atoms with Gasteiger partial charge in [-0.05, 0) is 25.2 Å². The van der Waals surface area contributed by atoms with E-state index in [2.05, 4.69) is 13.8 Å². The van der Waals surface area contributed by atoms with Crippen molar-refractivity contribution in [1.82, 2.24) is 4.90 Å². The molecule has 0 amide bonds. The molecule has 3 atom stereocenters. The van der Waals surface area contributed by atoms with Gasteiger partial charge in [-0.15, -0.1) is 0 Å². The van der Waals surface area contributed by atoms with Crippen molar-refractivity contribution in [3.05, 3.63) is 0 Å². The summed E-state index contributed by atoms with van der Waals surface area (Å²) in [5, 5.41) is 0. The fourth-order valence-corrected chi connectivity index (χ4v) is 3.29. The van der Waals surface area contributed by atoms with E-state index in [4.69, 9.17) is 0 Å². The van der Waals surface area contributed by atoms with Crippen LogP contribution in [0.1, 0.15) is 33.1 Å². The highest BCUT2D eigenvalue weighted by molar-refractivity contribution is 5.06. The van der Waals surface area contributed by atoms with E-state index in [0.717, 1.165) is 6.42 Å². The first-order valence-corrected chi connectivity index (χ1v) is 5.55. The molecule has 0 aromatic heterocycles. The minimum Gasteiger partial charge on any atom is -0.292 e. The van der Waals surface area contributed by atoms with Crippen LogP contribution in [0.3, 0.4) is 0 Å². The number of halogens is 2. The lowest BCUT2D eigenvalue weighted by molar-refractivity contribution is 0.163. The topological polar surface area (TPSA) is 3.24 Å². The molecule has 2 fully saturated rings. The first kappa shape index (κ1) is 10.3. The molecule has 1 nitrogen and oxygen atoms in total. The average molecular weight is 203 g/mol. The number of hydrogen-bond donors (Lipinski definition) is 0. The van der Waals surface area contributed by atoms with E-state index in [1.54, 1.807) is 0 Å². The van der Waals surface area contributed by atoms with Gasteiger partial charge in [-0.2, -0.15) is 0 Å². The van der Waals surface area contributed by atoms with Gasteiger partial charge >= 0.3 is 0 Å². The summed E-state index contributed by atoms with van der Waals surface area (Å²) in [6, 6.07) is 0. The third-order valence-corrected chi connectivity index (χ3v) is 3.50. The third-order valence-electron chi connectivity index (χ3n) is 3.50. The molecule has 0 aromatic carbocycles. The van der Waals surface area contributed by atoms with Crippen LogP contribution in [-0.4, -0.2) is 35.9 Å². The molecule has 1 unspecified atom stereocenters. The van der Waals surface area contributed by atoms with Gasteiger partial charge < -0.3 is 0 Å². The highest BCUT2D eigenvalue weighted by Crippen LogP contribution is 2.44. The van der Waals surface area contributed by atoms with Crippen LogP contribution in [0.5, 0.6) is 0 Å². The van der Waals surface area contributed by atoms with E-state index in [-0.39, 0.29) is 5.54 Å². The van der Waals surface area contributed by atoms with Crippen molar-refractivity contribution in [2.24, 2.45) is 5.92 Å². The van der Waals surface area contributed by atoms with Crippen molar-refractivity contribution in [1.29, 1.82) is 0 Å². The zero-order chi connectivity index (χ0) is 10.3. The predicted molar refractivity (Wildman–Crippen MR) is 52.8 cm³/mol. The van der Waals surface area contributed by atoms with Crippen molar-refractivity contribution in [3.8, 4) is 0 Å². The molecule has 0 aromatic rings. The van der Waals surface area contributed by atoms with Gasteiger partial charge in [0.25, 0.3) is 0 Å². The molecule has 14 heavy (non-hydrogen) atoms. The first-order chi connectivity index (χ1) is 6.52. The molecular formula is C11H19F2N. The maximum absolute atomic E-state index is 13.3. The Balaban J connectivity index is 2.12. The molecule has 3 heteroatoms. The minimum absolute atomic E-state index is 0.146. The molecule has 2 aliphatic heterocycles. The number of alkyl halides is 2. The Morgan fingerprint density at radius 2 is 1.71 bits per heavy atom. The largest absolute Gasteiger partial charge is 0.292 e. The quantitative estimate of drug-likeness (QED) is 0.666. The summed E-state index contributed by atoms with van der Waals surface area (Å²) in [6.07, 6.45) is 0.563. The highest BCUT2D eigenvalue weighted by atomic mass is 19.1. The molecular weight excluding hydrogens is 184 g/mol. The van der Waals surface area contributed by atoms with Gasteiger partial charge in [-0.25, -0.2) is 8.78 Å². The first-order valence-electron chi connectivity index (χ1n) is 5.55. The molecule has 2 heterocycles. The Bertz CT molecular complexity index is 203. The Labute approximate surface area is 84.5 Å². The summed E-state index contributed by atoms with van der Waals surface area (Å²) < 4.78 is 26.6. The molecule has 0 N–H and O–H groups in total. The van der Waals surface area contributed by atoms with E-state index in [1.807, 2.05) is 4.90 Å². The fraction of sp³-hybridized carbons (Fsp3) is 1.00. The van der Waals surface area contributed by atoms with Crippen LogP contribution >= 0.6 is 0 Å². The normalized spacial score (nSPS) is 43.5. The SMILES string of the molecule is CC(C)CC12C[C@H](F)CN1C[C@H](F)C2. The Morgan fingerprint density at radius 1 is 1.21 bits per heavy atom. The molecule has 0 saturated carbocycles. The number of nitrogens with zero attached hydrogens (tertiary/aromatic N) is 1. The van der Waals surface area contributed by atoms with Crippen molar-refractivity contribution in [3.63, 3.8) is 0 Å². The zero-order valence-corrected chi connectivity index (χ0v) is 8.97. The number of fused-ring (bicyclic) bond motifs is 1. The van der Waals surface area contributed by atoms with Crippen molar-refractivity contribution >= 4 is 0 Å². The summed E-state index contributed by atoms with van der Waals surface area (Å²) in [7, 11) is 0. The zero-order valence-electron chi connectivity index (χ0n) is 8.97. The summed E-state index contributed by atoms with van der Waals surface area (Å²) >= 11 is 0. The van der Waals surface area contributed by atoms with Gasteiger partial charge in [0.05, 0.1) is 0 Å². The van der Waals surface area contributed by atoms with Crippen LogP contribution in [0.4, 0.5) is 8.78 Å². The summed E-state index contributed by atoms with van der Waals surface area (Å²) in [5.41, 5.74) is -0.146. The van der Waals surface area contributed by atoms with Crippen LogP contribution in [0, 0.1) is 5.92 Å². The van der Waals surface area contributed by atoms with E-state index >= 15 is 0 Å². The van der Waals surface area contributed by atoms with E-state index in [0.29, 0.717) is 31.8 Å². The lowest BCUT2D eigenvalue weighted by Gasteiger charge is -2.32. The second kappa shape index (κ2) is 3.44. The molecule has 2 saturated heterocycles. The lowest BCUT2D eigenvalue weighted by atomic mass is 9.84. The lowest BCUT2D eigenvalue weighted by Crippen LogP contribution is -2.39. The Hall–Kier alpha value is -0.180. The smallest absolute Gasteiger partial charge is 0.115 e. The van der Waals surface area contributed by atoms with E-state index in [1.165, 1.54) is 0 Å². The number of rotatable bonds is 2. The molecule has 0 spiro atoms. The maximum Gasteiger partial charge on any atom is 0.115 e. The summed E-state index contributed by atoms with van der Waals surface area (Å²) in [4.78, 5) is 2.04. The summed E-state index contributed by atoms with van der Waals surface area (Å²) in [5.74, 6) is 0.521. The van der Waals surface area contributed by atoms with Crippen LogP contribution < -0.4 is 0 Å². The van der Waals surface area contributed by atoms with E-state index < -0.39 is 12.3 Å². The third kappa shape index (κ3) is 1.67. The van der Waals surface area contributed by atoms with Gasteiger partial charge in [0.1, 0.15) is 12.3 Å². The van der Waals surface area contributed by atoms with Crippen LogP contribution in [0.15, 0.2) is 0 Å². The Kier molecular flexibility index (Phi) is 2.54. The Morgan fingerprint density at radius 3 is 2.14 bits per heavy atom. The van der Waals surface area contributed by atoms with Gasteiger partial charge in [-0.3, -0.25) is 4.90 Å². The van der Waals surface area contributed by atoms with Crippen molar-refractivity contribution in [2.75, 3.05) is 13.1 Å². The second-order valence-electron chi connectivity index (χ2n) is 5.33. The number of hydrogen-bond acceptors (Lipinski definition) is 1. The standard InChI is InChI=1S/C11H19F2N/c1-8(2)3-11-4-9(12)6-14(11)7-10(13)5-11/h8-10H,3-7H2,1-2H3/t9-,10+,11?. The van der Waals surface area contributed by atoms with E-state index in [9.17, 15) is 8.78 Å². The van der Waals surface area contributed by atoms with Gasteiger partial charge in [0, 0.05) is 18.6 Å². The van der Waals surface area contributed by atoms with Crippen molar-refractivity contribution < 1.29 is 8.78 Å². The predicted octanol–water partition coefficient (Wildman–Crippen LogP) is 2.56. The van der Waals surface area contributed by atoms with Gasteiger partial charge in [0.15, 0.2) is 0 Å². The molecule has 2 aliphatic rings. The molecule has 2 rings (SSSR count). The summed E-state index contributed by atoms with van der Waals surface area (Å²) in [6.45, 7) is 5.16. The molecule has 82 valence electrons.